The van der Waals surface area contributed by atoms with Gasteiger partial charge in [-0.1, -0.05) is 18.7 Å². The summed E-state index contributed by atoms with van der Waals surface area (Å²) in [5.41, 5.74) is -0.438. The molecule has 1 heterocycles. The van der Waals surface area contributed by atoms with Gasteiger partial charge in [0, 0.05) is 18.3 Å². The third kappa shape index (κ3) is 3.47. The standard InChI is InChI=1S/C12H19N5S/c1-9(18-11-16-14-8-17(11)3)6-12(2,7-13)15-10-4-5-10/h8-10,15H,4-6H2,1-3H3. The van der Waals surface area contributed by atoms with Gasteiger partial charge in [0.15, 0.2) is 5.16 Å². The van der Waals surface area contributed by atoms with Crippen LogP contribution in [0.2, 0.25) is 0 Å². The molecule has 0 radical (unpaired) electrons. The highest BCUT2D eigenvalue weighted by atomic mass is 32.2. The molecule has 2 atom stereocenters. The summed E-state index contributed by atoms with van der Waals surface area (Å²) in [6.07, 6.45) is 4.89. The van der Waals surface area contributed by atoms with Crippen LogP contribution in [-0.4, -0.2) is 31.6 Å². The van der Waals surface area contributed by atoms with E-state index in [2.05, 4.69) is 28.5 Å². The Morgan fingerprint density at radius 3 is 2.94 bits per heavy atom. The van der Waals surface area contributed by atoms with E-state index in [1.54, 1.807) is 18.1 Å². The van der Waals surface area contributed by atoms with Gasteiger partial charge in [-0.15, -0.1) is 10.2 Å². The quantitative estimate of drug-likeness (QED) is 0.793. The molecule has 0 bridgehead atoms. The molecule has 0 saturated heterocycles. The second-order valence-electron chi connectivity index (χ2n) is 5.22. The summed E-state index contributed by atoms with van der Waals surface area (Å²) in [5.74, 6) is 0. The number of aryl methyl sites for hydroxylation is 1. The molecule has 1 aromatic rings. The molecule has 18 heavy (non-hydrogen) atoms. The van der Waals surface area contributed by atoms with Gasteiger partial charge >= 0.3 is 0 Å². The molecule has 1 aromatic heterocycles. The maximum absolute atomic E-state index is 9.34. The van der Waals surface area contributed by atoms with Crippen molar-refractivity contribution in [3.63, 3.8) is 0 Å². The molecule has 0 spiro atoms. The van der Waals surface area contributed by atoms with Crippen molar-refractivity contribution in [1.29, 1.82) is 5.26 Å². The second kappa shape index (κ2) is 5.29. The number of hydrogen-bond donors (Lipinski definition) is 1. The molecule has 1 saturated carbocycles. The molecule has 2 rings (SSSR count). The van der Waals surface area contributed by atoms with E-state index >= 15 is 0 Å². The summed E-state index contributed by atoms with van der Waals surface area (Å²) >= 11 is 1.66. The third-order valence-corrected chi connectivity index (χ3v) is 4.17. The Morgan fingerprint density at radius 1 is 1.72 bits per heavy atom. The second-order valence-corrected chi connectivity index (χ2v) is 6.63. The SMILES string of the molecule is CC(CC(C)(C#N)NC1CC1)Sc1nncn1C. The molecular weight excluding hydrogens is 246 g/mol. The first-order valence-corrected chi connectivity index (χ1v) is 7.10. The summed E-state index contributed by atoms with van der Waals surface area (Å²) < 4.78 is 1.90. The molecule has 5 nitrogen and oxygen atoms in total. The van der Waals surface area contributed by atoms with Crippen LogP contribution in [0.1, 0.15) is 33.1 Å². The first-order chi connectivity index (χ1) is 8.52. The molecule has 1 aliphatic rings. The maximum Gasteiger partial charge on any atom is 0.190 e. The van der Waals surface area contributed by atoms with Crippen molar-refractivity contribution in [3.05, 3.63) is 6.33 Å². The van der Waals surface area contributed by atoms with E-state index in [-0.39, 0.29) is 0 Å². The zero-order chi connectivity index (χ0) is 13.2. The van der Waals surface area contributed by atoms with Gasteiger partial charge in [-0.25, -0.2) is 0 Å². The largest absolute Gasteiger partial charge is 0.312 e. The van der Waals surface area contributed by atoms with Gasteiger partial charge in [-0.05, 0) is 26.2 Å². The summed E-state index contributed by atoms with van der Waals surface area (Å²) in [5, 5.41) is 21.9. The molecule has 1 aliphatic carbocycles. The molecule has 98 valence electrons. The maximum atomic E-state index is 9.34. The van der Waals surface area contributed by atoms with Gasteiger partial charge in [-0.3, -0.25) is 5.32 Å². The Morgan fingerprint density at radius 2 is 2.44 bits per heavy atom. The molecular formula is C12H19N5S. The Balaban J connectivity index is 1.91. The van der Waals surface area contributed by atoms with E-state index in [1.165, 1.54) is 12.8 Å². The van der Waals surface area contributed by atoms with E-state index in [9.17, 15) is 5.26 Å². The molecule has 6 heteroatoms. The smallest absolute Gasteiger partial charge is 0.190 e. The van der Waals surface area contributed by atoms with Crippen molar-refractivity contribution >= 4 is 11.8 Å². The fourth-order valence-corrected chi connectivity index (χ4v) is 3.08. The van der Waals surface area contributed by atoms with Crippen molar-refractivity contribution in [2.45, 2.75) is 55.1 Å². The highest BCUT2D eigenvalue weighted by molar-refractivity contribution is 7.99. The van der Waals surface area contributed by atoms with Crippen molar-refractivity contribution in [2.75, 3.05) is 0 Å². The van der Waals surface area contributed by atoms with Crippen LogP contribution in [0, 0.1) is 11.3 Å². The zero-order valence-corrected chi connectivity index (χ0v) is 11.9. The first kappa shape index (κ1) is 13.4. The highest BCUT2D eigenvalue weighted by Gasteiger charge is 2.34. The van der Waals surface area contributed by atoms with Gasteiger partial charge < -0.3 is 4.57 Å². The normalized spacial score (nSPS) is 20.1. The topological polar surface area (TPSA) is 66.5 Å². The number of thioether (sulfide) groups is 1. The van der Waals surface area contributed by atoms with Crippen LogP contribution >= 0.6 is 11.8 Å². The molecule has 0 amide bonds. The molecule has 0 aliphatic heterocycles. The minimum absolute atomic E-state index is 0.323. The number of rotatable bonds is 6. The van der Waals surface area contributed by atoms with Gasteiger partial charge in [0.1, 0.15) is 11.9 Å². The summed E-state index contributed by atoms with van der Waals surface area (Å²) in [6.45, 7) is 4.11. The molecule has 1 N–H and O–H groups in total. The van der Waals surface area contributed by atoms with Crippen LogP contribution in [0.4, 0.5) is 0 Å². The zero-order valence-electron chi connectivity index (χ0n) is 11.1. The van der Waals surface area contributed by atoms with E-state index in [0.29, 0.717) is 11.3 Å². The Labute approximate surface area is 112 Å². The lowest BCUT2D eigenvalue weighted by molar-refractivity contribution is 0.414. The average molecular weight is 265 g/mol. The van der Waals surface area contributed by atoms with Crippen molar-refractivity contribution in [2.24, 2.45) is 7.05 Å². The number of nitrogens with one attached hydrogen (secondary N) is 1. The van der Waals surface area contributed by atoms with Gasteiger partial charge in [-0.2, -0.15) is 5.26 Å². The van der Waals surface area contributed by atoms with E-state index in [1.807, 2.05) is 18.5 Å². The average Bonchev–Trinajstić information content (AvgIpc) is 3.02. The lowest BCUT2D eigenvalue weighted by Crippen LogP contribution is -2.44. The minimum Gasteiger partial charge on any atom is -0.312 e. The number of nitriles is 1. The van der Waals surface area contributed by atoms with Crippen molar-refractivity contribution in [3.8, 4) is 6.07 Å². The summed E-state index contributed by atoms with van der Waals surface area (Å²) in [4.78, 5) is 0. The van der Waals surface area contributed by atoms with Crippen LogP contribution in [0.5, 0.6) is 0 Å². The number of nitrogens with zero attached hydrogens (tertiary/aromatic N) is 4. The predicted octanol–water partition coefficient (Wildman–Crippen LogP) is 1.72. The third-order valence-electron chi connectivity index (χ3n) is 3.02. The van der Waals surface area contributed by atoms with Crippen LogP contribution in [-0.2, 0) is 7.05 Å². The Hall–Kier alpha value is -1.06. The Kier molecular flexibility index (Phi) is 3.93. The van der Waals surface area contributed by atoms with Crippen LogP contribution in [0.15, 0.2) is 11.5 Å². The van der Waals surface area contributed by atoms with E-state index in [4.69, 9.17) is 0 Å². The minimum atomic E-state index is -0.438. The van der Waals surface area contributed by atoms with Gasteiger partial charge in [0.05, 0.1) is 6.07 Å². The van der Waals surface area contributed by atoms with Gasteiger partial charge in [0.25, 0.3) is 0 Å². The summed E-state index contributed by atoms with van der Waals surface area (Å²) in [7, 11) is 1.93. The van der Waals surface area contributed by atoms with Crippen LogP contribution in [0.25, 0.3) is 0 Å². The van der Waals surface area contributed by atoms with Crippen molar-refractivity contribution in [1.82, 2.24) is 20.1 Å². The number of hydrogen-bond acceptors (Lipinski definition) is 5. The first-order valence-electron chi connectivity index (χ1n) is 6.22. The highest BCUT2D eigenvalue weighted by Crippen LogP contribution is 2.29. The van der Waals surface area contributed by atoms with Crippen LogP contribution in [0.3, 0.4) is 0 Å². The lowest BCUT2D eigenvalue weighted by Gasteiger charge is -2.26. The van der Waals surface area contributed by atoms with Gasteiger partial charge in [0.2, 0.25) is 0 Å². The predicted molar refractivity (Wildman–Crippen MR) is 71.1 cm³/mol. The number of aromatic nitrogens is 3. The van der Waals surface area contributed by atoms with Crippen molar-refractivity contribution < 1.29 is 0 Å². The fraction of sp³-hybridized carbons (Fsp3) is 0.750. The van der Waals surface area contributed by atoms with E-state index in [0.717, 1.165) is 11.6 Å². The van der Waals surface area contributed by atoms with Crippen LogP contribution < -0.4 is 5.32 Å². The lowest BCUT2D eigenvalue weighted by atomic mass is 9.98. The van der Waals surface area contributed by atoms with E-state index < -0.39 is 5.54 Å². The Bertz CT molecular complexity index is 448. The molecule has 1 fully saturated rings. The summed E-state index contributed by atoms with van der Waals surface area (Å²) in [6, 6.07) is 2.95. The fourth-order valence-electron chi connectivity index (χ4n) is 1.99. The monoisotopic (exact) mass is 265 g/mol. The molecule has 0 aromatic carbocycles. The molecule has 2 unspecified atom stereocenters.